The molecule has 5 atom stereocenters. The van der Waals surface area contributed by atoms with Crippen LogP contribution in [0.2, 0.25) is 0 Å². The van der Waals surface area contributed by atoms with Crippen molar-refractivity contribution in [2.45, 2.75) is 71.8 Å². The van der Waals surface area contributed by atoms with E-state index in [1.807, 2.05) is 0 Å². The van der Waals surface area contributed by atoms with E-state index in [0.717, 1.165) is 38.5 Å². The van der Waals surface area contributed by atoms with Crippen molar-refractivity contribution in [3.63, 3.8) is 0 Å². The summed E-state index contributed by atoms with van der Waals surface area (Å²) in [6, 6.07) is 0.159. The lowest BCUT2D eigenvalue weighted by Gasteiger charge is -2.38. The van der Waals surface area contributed by atoms with Crippen LogP contribution in [-0.2, 0) is 14.4 Å². The Morgan fingerprint density at radius 2 is 1.68 bits per heavy atom. The van der Waals surface area contributed by atoms with Crippen molar-refractivity contribution in [2.75, 3.05) is 6.54 Å². The fraction of sp³-hybridized carbons (Fsp3) is 0.850. The van der Waals surface area contributed by atoms with Crippen molar-refractivity contribution >= 4 is 17.7 Å². The van der Waals surface area contributed by atoms with Gasteiger partial charge in [0.25, 0.3) is 0 Å². The molecule has 2 saturated carbocycles. The molecule has 140 valence electrons. The van der Waals surface area contributed by atoms with Gasteiger partial charge in [-0.1, -0.05) is 40.0 Å². The number of carbonyl (C=O) groups is 3. The average Bonchev–Trinajstić information content (AvgIpc) is 2.80. The molecule has 0 aromatic rings. The van der Waals surface area contributed by atoms with Crippen molar-refractivity contribution in [3.05, 3.63) is 0 Å². The maximum absolute atomic E-state index is 12.6. The number of likely N-dealkylation sites (tertiary alicyclic amines) is 1. The number of hydrogen-bond donors (Lipinski definition) is 1. The van der Waals surface area contributed by atoms with Crippen LogP contribution < -0.4 is 5.32 Å². The Labute approximate surface area is 150 Å². The van der Waals surface area contributed by atoms with Crippen LogP contribution in [0.25, 0.3) is 0 Å². The van der Waals surface area contributed by atoms with Crippen LogP contribution in [-0.4, -0.2) is 35.2 Å². The lowest BCUT2D eigenvalue weighted by Crippen LogP contribution is -2.49. The van der Waals surface area contributed by atoms with E-state index in [-0.39, 0.29) is 42.1 Å². The molecule has 1 heterocycles. The fourth-order valence-corrected chi connectivity index (χ4v) is 5.15. The van der Waals surface area contributed by atoms with Gasteiger partial charge in [-0.15, -0.1) is 0 Å². The van der Waals surface area contributed by atoms with Crippen LogP contribution in [0, 0.1) is 29.6 Å². The monoisotopic (exact) mass is 348 g/mol. The minimum absolute atomic E-state index is 0.0969. The van der Waals surface area contributed by atoms with Gasteiger partial charge in [0.1, 0.15) is 6.54 Å². The average molecular weight is 348 g/mol. The summed E-state index contributed by atoms with van der Waals surface area (Å²) < 4.78 is 0. The van der Waals surface area contributed by atoms with Crippen molar-refractivity contribution in [1.82, 2.24) is 10.2 Å². The molecule has 5 heteroatoms. The van der Waals surface area contributed by atoms with Crippen molar-refractivity contribution in [2.24, 2.45) is 29.6 Å². The summed E-state index contributed by atoms with van der Waals surface area (Å²) in [6.07, 6.45) is 6.94. The minimum Gasteiger partial charge on any atom is -0.352 e. The van der Waals surface area contributed by atoms with Gasteiger partial charge in [-0.05, 0) is 43.4 Å². The van der Waals surface area contributed by atoms with Crippen LogP contribution in [0.1, 0.15) is 65.7 Å². The van der Waals surface area contributed by atoms with Gasteiger partial charge in [0, 0.05) is 6.04 Å². The molecular formula is C20H32N2O3. The van der Waals surface area contributed by atoms with Gasteiger partial charge in [0.2, 0.25) is 17.7 Å². The lowest BCUT2D eigenvalue weighted by molar-refractivity contribution is -0.144. The molecule has 1 aliphatic heterocycles. The summed E-state index contributed by atoms with van der Waals surface area (Å²) in [5.74, 6) is 0.843. The molecule has 0 radical (unpaired) electrons. The van der Waals surface area contributed by atoms with E-state index in [1.54, 1.807) is 0 Å². The van der Waals surface area contributed by atoms with E-state index in [2.05, 4.69) is 26.1 Å². The number of hydrogen-bond acceptors (Lipinski definition) is 3. The number of carbonyl (C=O) groups excluding carboxylic acids is 3. The fourth-order valence-electron chi connectivity index (χ4n) is 5.15. The van der Waals surface area contributed by atoms with E-state index in [1.165, 1.54) is 11.3 Å². The Hall–Kier alpha value is -1.39. The maximum Gasteiger partial charge on any atom is 0.240 e. The third-order valence-corrected chi connectivity index (χ3v) is 6.60. The molecule has 3 rings (SSSR count). The quantitative estimate of drug-likeness (QED) is 0.795. The first-order valence-corrected chi connectivity index (χ1v) is 10.0. The third kappa shape index (κ3) is 3.75. The Morgan fingerprint density at radius 3 is 2.24 bits per heavy atom. The van der Waals surface area contributed by atoms with Gasteiger partial charge >= 0.3 is 0 Å². The Bertz CT molecular complexity index is 521. The molecule has 3 fully saturated rings. The van der Waals surface area contributed by atoms with Crippen molar-refractivity contribution in [3.8, 4) is 0 Å². The second-order valence-electron chi connectivity index (χ2n) is 8.76. The number of nitrogens with zero attached hydrogens (tertiary/aromatic N) is 1. The van der Waals surface area contributed by atoms with E-state index in [0.29, 0.717) is 17.8 Å². The van der Waals surface area contributed by atoms with Gasteiger partial charge in [-0.25, -0.2) is 0 Å². The summed E-state index contributed by atoms with van der Waals surface area (Å²) in [6.45, 7) is 6.55. The third-order valence-electron chi connectivity index (χ3n) is 6.60. The predicted molar refractivity (Wildman–Crippen MR) is 95.4 cm³/mol. The van der Waals surface area contributed by atoms with Crippen LogP contribution in [0.4, 0.5) is 0 Å². The van der Waals surface area contributed by atoms with Crippen LogP contribution in [0.15, 0.2) is 0 Å². The van der Waals surface area contributed by atoms with E-state index < -0.39 is 0 Å². The smallest absolute Gasteiger partial charge is 0.240 e. The van der Waals surface area contributed by atoms with E-state index >= 15 is 0 Å². The molecule has 0 bridgehead atoms. The first-order chi connectivity index (χ1) is 11.9. The molecule has 5 nitrogen and oxygen atoms in total. The second kappa shape index (κ2) is 7.46. The summed E-state index contributed by atoms with van der Waals surface area (Å²) in [7, 11) is 0. The largest absolute Gasteiger partial charge is 0.352 e. The zero-order valence-corrected chi connectivity index (χ0v) is 15.8. The van der Waals surface area contributed by atoms with Gasteiger partial charge < -0.3 is 5.32 Å². The molecule has 0 unspecified atom stereocenters. The Kier molecular flexibility index (Phi) is 5.49. The summed E-state index contributed by atoms with van der Waals surface area (Å²) in [5, 5.41) is 3.14. The zero-order valence-electron chi connectivity index (χ0n) is 15.8. The highest BCUT2D eigenvalue weighted by Crippen LogP contribution is 2.38. The molecule has 1 saturated heterocycles. The zero-order chi connectivity index (χ0) is 18.1. The highest BCUT2D eigenvalue weighted by atomic mass is 16.2. The molecule has 2 aliphatic carbocycles. The Morgan fingerprint density at radius 1 is 1.08 bits per heavy atom. The topological polar surface area (TPSA) is 66.5 Å². The van der Waals surface area contributed by atoms with Crippen molar-refractivity contribution < 1.29 is 14.4 Å². The first-order valence-electron chi connectivity index (χ1n) is 10.0. The van der Waals surface area contributed by atoms with Gasteiger partial charge in [-0.2, -0.15) is 0 Å². The predicted octanol–water partition coefficient (Wildman–Crippen LogP) is 2.74. The molecule has 0 aromatic carbocycles. The lowest BCUT2D eigenvalue weighted by atomic mass is 9.74. The van der Waals surface area contributed by atoms with Crippen LogP contribution in [0.5, 0.6) is 0 Å². The van der Waals surface area contributed by atoms with E-state index in [4.69, 9.17) is 0 Å². The molecule has 1 N–H and O–H groups in total. The number of fused-ring (bicyclic) bond motifs is 1. The SMILES string of the molecule is CC(C)[C@H]1CC[C@@H](C)C[C@@H]1NC(=O)CN1C(=O)[C@H]2CCCC[C@H]2C1=O. The first kappa shape index (κ1) is 18.4. The van der Waals surface area contributed by atoms with E-state index in [9.17, 15) is 14.4 Å². The Balaban J connectivity index is 1.61. The van der Waals surface area contributed by atoms with Crippen LogP contribution >= 0.6 is 0 Å². The molecule has 25 heavy (non-hydrogen) atoms. The van der Waals surface area contributed by atoms with Crippen LogP contribution in [0.3, 0.4) is 0 Å². The molecule has 0 spiro atoms. The summed E-state index contributed by atoms with van der Waals surface area (Å²) in [4.78, 5) is 38.9. The summed E-state index contributed by atoms with van der Waals surface area (Å²) in [5.41, 5.74) is 0. The van der Waals surface area contributed by atoms with Gasteiger partial charge in [0.15, 0.2) is 0 Å². The molecule has 3 amide bonds. The second-order valence-corrected chi connectivity index (χ2v) is 8.76. The van der Waals surface area contributed by atoms with Gasteiger partial charge in [-0.3, -0.25) is 19.3 Å². The maximum atomic E-state index is 12.6. The molecule has 0 aromatic heterocycles. The normalized spacial score (nSPS) is 35.8. The highest BCUT2D eigenvalue weighted by molar-refractivity contribution is 6.07. The molecular weight excluding hydrogens is 316 g/mol. The highest BCUT2D eigenvalue weighted by Gasteiger charge is 2.48. The number of rotatable bonds is 4. The van der Waals surface area contributed by atoms with Gasteiger partial charge in [0.05, 0.1) is 11.8 Å². The minimum atomic E-state index is -0.176. The number of imide groups is 1. The van der Waals surface area contributed by atoms with Crippen molar-refractivity contribution in [1.29, 1.82) is 0 Å². The standard InChI is InChI=1S/C20H32N2O3/c1-12(2)14-9-8-13(3)10-17(14)21-18(23)11-22-19(24)15-6-4-5-7-16(15)20(22)25/h12-17H,4-11H2,1-3H3,(H,21,23)/t13-,14-,15-,16+,17+/m1/s1. The number of nitrogens with one attached hydrogen (secondary N) is 1. The number of amides is 3. The molecule has 3 aliphatic rings. The summed E-state index contributed by atoms with van der Waals surface area (Å²) >= 11 is 0.